The Kier molecular flexibility index (Phi) is 3.97. The Bertz CT molecular complexity index is 1080. The molecule has 2 aromatic rings. The summed E-state index contributed by atoms with van der Waals surface area (Å²) in [5.41, 5.74) is 2.79. The quantitative estimate of drug-likeness (QED) is 0.439. The van der Waals surface area contributed by atoms with E-state index in [4.69, 9.17) is 4.74 Å². The molecule has 8 nitrogen and oxygen atoms in total. The van der Waals surface area contributed by atoms with Crippen LogP contribution in [0.15, 0.2) is 41.2 Å². The van der Waals surface area contributed by atoms with Crippen molar-refractivity contribution in [2.75, 3.05) is 18.6 Å². The van der Waals surface area contributed by atoms with Crippen molar-refractivity contribution in [2.24, 2.45) is 11.8 Å². The van der Waals surface area contributed by atoms with Gasteiger partial charge < -0.3 is 14.2 Å². The lowest BCUT2D eigenvalue weighted by atomic mass is 9.70. The molecular weight excluding hydrogens is 374 g/mol. The maximum atomic E-state index is 12.7. The van der Waals surface area contributed by atoms with Gasteiger partial charge in [0.2, 0.25) is 0 Å². The van der Waals surface area contributed by atoms with Crippen LogP contribution in [-0.2, 0) is 22.5 Å². The van der Waals surface area contributed by atoms with Crippen molar-refractivity contribution >= 4 is 17.3 Å². The molecule has 8 heteroatoms. The summed E-state index contributed by atoms with van der Waals surface area (Å²) in [6.07, 6.45) is 1.32. The minimum Gasteiger partial charge on any atom is -0.469 e. The molecule has 0 N–H and O–H groups in total. The lowest BCUT2D eigenvalue weighted by Gasteiger charge is -2.53. The molecule has 1 aromatic carbocycles. The average molecular weight is 395 g/mol. The second-order valence-corrected chi connectivity index (χ2v) is 8.14. The van der Waals surface area contributed by atoms with Crippen LogP contribution in [0.2, 0.25) is 0 Å². The van der Waals surface area contributed by atoms with E-state index in [-0.39, 0.29) is 35.1 Å². The number of fused-ring (bicyclic) bond motifs is 8. The van der Waals surface area contributed by atoms with Gasteiger partial charge in [-0.15, -0.1) is 0 Å². The van der Waals surface area contributed by atoms with E-state index in [0.29, 0.717) is 19.5 Å². The number of benzene rings is 1. The SMILES string of the molecule is COC(=O)[C@@H]1Cc2cc([N+](=O)[O-])ccc2N2C[C@@H]3C[C@H](Cn4c3cccc4=O)[C@H]12. The zero-order valence-corrected chi connectivity index (χ0v) is 16.0. The zero-order valence-electron chi connectivity index (χ0n) is 16.0. The van der Waals surface area contributed by atoms with Crippen LogP contribution in [0.25, 0.3) is 0 Å². The fourth-order valence-electron chi connectivity index (χ4n) is 5.58. The Morgan fingerprint density at radius 3 is 2.83 bits per heavy atom. The van der Waals surface area contributed by atoms with Crippen molar-refractivity contribution in [3.63, 3.8) is 0 Å². The number of pyridine rings is 1. The molecule has 0 radical (unpaired) electrons. The molecule has 0 unspecified atom stereocenters. The number of esters is 1. The van der Waals surface area contributed by atoms with Crippen molar-refractivity contribution in [1.82, 2.24) is 4.57 Å². The van der Waals surface area contributed by atoms with Crippen LogP contribution in [-0.4, -0.2) is 35.2 Å². The number of nitro groups is 1. The predicted molar refractivity (Wildman–Crippen MR) is 105 cm³/mol. The second kappa shape index (κ2) is 6.43. The number of rotatable bonds is 2. The van der Waals surface area contributed by atoms with Gasteiger partial charge in [-0.05, 0) is 36.5 Å². The Morgan fingerprint density at radius 1 is 1.24 bits per heavy atom. The summed E-state index contributed by atoms with van der Waals surface area (Å²) in [6, 6.07) is 10.2. The van der Waals surface area contributed by atoms with Gasteiger partial charge in [-0.1, -0.05) is 6.07 Å². The summed E-state index contributed by atoms with van der Waals surface area (Å²) < 4.78 is 6.94. The van der Waals surface area contributed by atoms with Crippen molar-refractivity contribution in [2.45, 2.75) is 31.3 Å². The van der Waals surface area contributed by atoms with Crippen molar-refractivity contribution in [3.05, 3.63) is 68.1 Å². The molecule has 1 aromatic heterocycles. The number of carbonyl (C=O) groups excluding carboxylic acids is 1. The van der Waals surface area contributed by atoms with Crippen molar-refractivity contribution in [3.8, 4) is 0 Å². The smallest absolute Gasteiger partial charge is 0.311 e. The molecule has 150 valence electrons. The standard InChI is InChI=1S/C21H21N3O5/c1-29-21(26)16-9-12-8-15(24(27)28)5-6-18(12)23-10-13-7-14(20(16)23)11-22-17(13)3-2-4-19(22)25/h2-6,8,13-14,16,20H,7,9-11H2,1H3/t13-,14+,16+,20+/m0/s1. The topological polar surface area (TPSA) is 94.7 Å². The van der Waals surface area contributed by atoms with E-state index in [1.54, 1.807) is 24.3 Å². The van der Waals surface area contributed by atoms with Crippen LogP contribution in [0, 0.1) is 22.0 Å². The average Bonchev–Trinajstić information content (AvgIpc) is 2.73. The molecule has 3 aliphatic rings. The molecule has 2 bridgehead atoms. The fourth-order valence-corrected chi connectivity index (χ4v) is 5.58. The van der Waals surface area contributed by atoms with Gasteiger partial charge in [0, 0.05) is 54.6 Å². The number of methoxy groups -OCH3 is 1. The lowest BCUT2D eigenvalue weighted by Crippen LogP contribution is -2.60. The number of hydrogen-bond acceptors (Lipinski definition) is 6. The molecule has 5 rings (SSSR count). The van der Waals surface area contributed by atoms with Gasteiger partial charge >= 0.3 is 5.97 Å². The number of nitrogens with zero attached hydrogens (tertiary/aromatic N) is 3. The van der Waals surface area contributed by atoms with E-state index in [2.05, 4.69) is 4.90 Å². The summed E-state index contributed by atoms with van der Waals surface area (Å²) in [6.45, 7) is 1.24. The summed E-state index contributed by atoms with van der Waals surface area (Å²) in [5.74, 6) is -0.407. The van der Waals surface area contributed by atoms with E-state index < -0.39 is 10.8 Å². The fraction of sp³-hybridized carbons (Fsp3) is 0.429. The number of non-ortho nitro benzene ring substituents is 1. The Hall–Kier alpha value is -3.16. The van der Waals surface area contributed by atoms with E-state index in [0.717, 1.165) is 23.4 Å². The molecule has 0 amide bonds. The highest BCUT2D eigenvalue weighted by molar-refractivity contribution is 5.77. The molecule has 1 fully saturated rings. The summed E-state index contributed by atoms with van der Waals surface area (Å²) in [5, 5.41) is 11.2. The number of aromatic nitrogens is 1. The first-order valence-electron chi connectivity index (χ1n) is 9.79. The molecule has 29 heavy (non-hydrogen) atoms. The number of piperidine rings is 1. The minimum atomic E-state index is -0.415. The molecule has 1 saturated heterocycles. The number of anilines is 1. The van der Waals surface area contributed by atoms with Gasteiger partial charge in [0.05, 0.1) is 18.0 Å². The highest BCUT2D eigenvalue weighted by Gasteiger charge is 2.49. The third-order valence-corrected chi connectivity index (χ3v) is 6.71. The maximum Gasteiger partial charge on any atom is 0.311 e. The van der Waals surface area contributed by atoms with E-state index >= 15 is 0 Å². The van der Waals surface area contributed by atoms with Crippen LogP contribution >= 0.6 is 0 Å². The molecule has 3 aliphatic heterocycles. The molecular formula is C21H21N3O5. The number of nitro benzene ring substituents is 1. The van der Waals surface area contributed by atoms with E-state index in [9.17, 15) is 19.7 Å². The summed E-state index contributed by atoms with van der Waals surface area (Å²) >= 11 is 0. The van der Waals surface area contributed by atoms with Gasteiger partial charge in [-0.3, -0.25) is 19.7 Å². The number of hydrogen-bond donors (Lipinski definition) is 0. The third kappa shape index (κ3) is 2.66. The van der Waals surface area contributed by atoms with Crippen molar-refractivity contribution in [1.29, 1.82) is 0 Å². The van der Waals surface area contributed by atoms with E-state index in [1.165, 1.54) is 13.2 Å². The predicted octanol–water partition coefficient (Wildman–Crippen LogP) is 2.09. The third-order valence-electron chi connectivity index (χ3n) is 6.71. The van der Waals surface area contributed by atoms with Crippen LogP contribution < -0.4 is 10.5 Å². The number of ether oxygens (including phenoxy) is 1. The molecule has 0 saturated carbocycles. The van der Waals surface area contributed by atoms with Gasteiger partial charge in [-0.2, -0.15) is 0 Å². The normalized spacial score (nSPS) is 26.7. The molecule has 4 heterocycles. The summed E-state index contributed by atoms with van der Waals surface area (Å²) in [7, 11) is 1.38. The first kappa shape index (κ1) is 17.9. The number of carbonyl (C=O) groups is 1. The van der Waals surface area contributed by atoms with Gasteiger partial charge in [0.15, 0.2) is 0 Å². The van der Waals surface area contributed by atoms with Gasteiger partial charge in [-0.25, -0.2) is 0 Å². The van der Waals surface area contributed by atoms with Crippen LogP contribution in [0.4, 0.5) is 11.4 Å². The molecule has 0 aliphatic carbocycles. The molecule has 0 spiro atoms. The first-order valence-corrected chi connectivity index (χ1v) is 9.79. The van der Waals surface area contributed by atoms with Gasteiger partial charge in [0.25, 0.3) is 11.2 Å². The highest BCUT2D eigenvalue weighted by Crippen LogP contribution is 2.47. The Morgan fingerprint density at radius 2 is 2.07 bits per heavy atom. The van der Waals surface area contributed by atoms with Gasteiger partial charge in [0.1, 0.15) is 0 Å². The lowest BCUT2D eigenvalue weighted by molar-refractivity contribution is -0.384. The second-order valence-electron chi connectivity index (χ2n) is 8.14. The summed E-state index contributed by atoms with van der Waals surface area (Å²) in [4.78, 5) is 38.1. The molecule has 4 atom stereocenters. The zero-order chi connectivity index (χ0) is 20.3. The van der Waals surface area contributed by atoms with Crippen LogP contribution in [0.3, 0.4) is 0 Å². The Balaban J connectivity index is 1.63. The van der Waals surface area contributed by atoms with Crippen molar-refractivity contribution < 1.29 is 14.5 Å². The first-order chi connectivity index (χ1) is 14.0. The highest BCUT2D eigenvalue weighted by atomic mass is 16.6. The largest absolute Gasteiger partial charge is 0.469 e. The van der Waals surface area contributed by atoms with Crippen LogP contribution in [0.1, 0.15) is 23.6 Å². The Labute approximate surface area is 166 Å². The monoisotopic (exact) mass is 395 g/mol. The van der Waals surface area contributed by atoms with E-state index in [1.807, 2.05) is 10.6 Å². The maximum absolute atomic E-state index is 12.7. The van der Waals surface area contributed by atoms with Crippen LogP contribution in [0.5, 0.6) is 0 Å². The minimum absolute atomic E-state index is 0.00731.